The van der Waals surface area contributed by atoms with Gasteiger partial charge in [-0.25, -0.2) is 0 Å². The summed E-state index contributed by atoms with van der Waals surface area (Å²) in [4.78, 5) is 0. The fourth-order valence-electron chi connectivity index (χ4n) is 1.51. The predicted octanol–water partition coefficient (Wildman–Crippen LogP) is 3.73. The number of allylic oxidation sites excluding steroid dienone is 8. The Morgan fingerprint density at radius 1 is 1.08 bits per heavy atom. The van der Waals surface area contributed by atoms with E-state index in [1.807, 2.05) is 18.2 Å². The van der Waals surface area contributed by atoms with Gasteiger partial charge in [0.1, 0.15) is 0 Å². The topological polar surface area (TPSA) is 0 Å². The normalized spacial score (nSPS) is 19.4. The molecule has 0 heteroatoms. The van der Waals surface area contributed by atoms with Gasteiger partial charge >= 0.3 is 0 Å². The molecule has 0 unspecified atom stereocenters. The molecular weight excluding hydrogens is 156 g/mol. The van der Waals surface area contributed by atoms with Crippen LogP contribution in [0.1, 0.15) is 6.42 Å². The van der Waals surface area contributed by atoms with E-state index in [0.717, 1.165) is 17.6 Å². The first-order chi connectivity index (χ1) is 6.24. The van der Waals surface area contributed by atoms with Crippen molar-refractivity contribution in [1.82, 2.24) is 0 Å². The Morgan fingerprint density at radius 3 is 2.15 bits per heavy atom. The van der Waals surface area contributed by atoms with Gasteiger partial charge in [-0.1, -0.05) is 50.6 Å². The molecule has 0 saturated heterocycles. The number of hydrogen-bond acceptors (Lipinski definition) is 0. The lowest BCUT2D eigenvalue weighted by molar-refractivity contribution is 1.26. The first-order valence-electron chi connectivity index (χ1n) is 4.23. The summed E-state index contributed by atoms with van der Waals surface area (Å²) in [5.41, 5.74) is 4.57. The fourth-order valence-corrected chi connectivity index (χ4v) is 1.51. The maximum atomic E-state index is 4.01. The number of rotatable bonds is 3. The molecule has 0 aromatic heterocycles. The second-order valence-electron chi connectivity index (χ2n) is 2.93. The quantitative estimate of drug-likeness (QED) is 0.605. The Balaban J connectivity index is 3.11. The van der Waals surface area contributed by atoms with Crippen LogP contribution in [0.5, 0.6) is 0 Å². The summed E-state index contributed by atoms with van der Waals surface area (Å²) in [6, 6.07) is 0. The maximum Gasteiger partial charge on any atom is -0.00139 e. The third kappa shape index (κ3) is 1.62. The van der Waals surface area contributed by atoms with Crippen LogP contribution in [-0.4, -0.2) is 0 Å². The Labute approximate surface area is 80.0 Å². The lowest BCUT2D eigenvalue weighted by Gasteiger charge is -1.98. The van der Waals surface area contributed by atoms with Gasteiger partial charge < -0.3 is 0 Å². The van der Waals surface area contributed by atoms with Crippen LogP contribution in [0.2, 0.25) is 0 Å². The summed E-state index contributed by atoms with van der Waals surface area (Å²) in [7, 11) is 0. The van der Waals surface area contributed by atoms with Crippen molar-refractivity contribution in [2.75, 3.05) is 0 Å². The highest BCUT2D eigenvalue weighted by atomic mass is 14.2. The molecule has 0 atom stereocenters. The largest absolute Gasteiger partial charge is 0.0991 e. The highest BCUT2D eigenvalue weighted by Gasteiger charge is 2.17. The minimum atomic E-state index is 0.899. The van der Waals surface area contributed by atoms with Crippen LogP contribution in [0.3, 0.4) is 0 Å². The van der Waals surface area contributed by atoms with Crippen LogP contribution in [0.25, 0.3) is 0 Å². The Bertz CT molecular complexity index is 335. The van der Waals surface area contributed by atoms with E-state index in [9.17, 15) is 0 Å². The summed E-state index contributed by atoms with van der Waals surface area (Å²) in [5, 5.41) is 0. The lowest BCUT2D eigenvalue weighted by Crippen LogP contribution is -1.79. The van der Waals surface area contributed by atoms with Gasteiger partial charge in [0, 0.05) is 0 Å². The molecule has 13 heavy (non-hydrogen) atoms. The van der Waals surface area contributed by atoms with E-state index in [4.69, 9.17) is 0 Å². The molecular formula is C13H14. The zero-order valence-electron chi connectivity index (χ0n) is 7.84. The molecule has 0 spiro atoms. The molecule has 0 radical (unpaired) electrons. The predicted molar refractivity (Wildman–Crippen MR) is 59.5 cm³/mol. The molecule has 0 nitrogen and oxygen atoms in total. The first-order valence-corrected chi connectivity index (χ1v) is 4.23. The Kier molecular flexibility index (Phi) is 2.86. The van der Waals surface area contributed by atoms with Gasteiger partial charge in [0.25, 0.3) is 0 Å². The first kappa shape index (κ1) is 9.53. The van der Waals surface area contributed by atoms with Crippen LogP contribution in [-0.2, 0) is 0 Å². The third-order valence-corrected chi connectivity index (χ3v) is 2.21. The minimum absolute atomic E-state index is 0.899. The van der Waals surface area contributed by atoms with Crippen LogP contribution in [0, 0.1) is 0 Å². The summed E-state index contributed by atoms with van der Waals surface area (Å²) < 4.78 is 0. The summed E-state index contributed by atoms with van der Waals surface area (Å²) >= 11 is 0. The summed E-state index contributed by atoms with van der Waals surface area (Å²) in [5.74, 6) is 0. The monoisotopic (exact) mass is 170 g/mol. The van der Waals surface area contributed by atoms with Crippen molar-refractivity contribution in [2.24, 2.45) is 0 Å². The SMILES string of the molecule is C=C/C=C1/CC(C=C)=C(C=C)C1=C. The van der Waals surface area contributed by atoms with Crippen LogP contribution < -0.4 is 0 Å². The maximum absolute atomic E-state index is 4.01. The Morgan fingerprint density at radius 2 is 1.77 bits per heavy atom. The van der Waals surface area contributed by atoms with Gasteiger partial charge in [-0.15, -0.1) is 0 Å². The molecule has 0 aromatic carbocycles. The fraction of sp³-hybridized carbons (Fsp3) is 0.0769. The van der Waals surface area contributed by atoms with E-state index in [1.165, 1.54) is 11.1 Å². The minimum Gasteiger partial charge on any atom is -0.0991 e. The van der Waals surface area contributed by atoms with Crippen molar-refractivity contribution in [3.8, 4) is 0 Å². The molecule has 0 N–H and O–H groups in total. The molecule has 0 amide bonds. The van der Waals surface area contributed by atoms with Crippen molar-refractivity contribution in [3.05, 3.63) is 72.9 Å². The van der Waals surface area contributed by atoms with Crippen molar-refractivity contribution in [2.45, 2.75) is 6.42 Å². The summed E-state index contributed by atoms with van der Waals surface area (Å²) in [6.45, 7) is 15.2. The molecule has 1 aliphatic rings. The standard InChI is InChI=1S/C13H14/c1-5-8-12-9-11(6-2)13(7-3)10(12)4/h5-8H,1-4,9H2/b12-8-. The second kappa shape index (κ2) is 3.90. The van der Waals surface area contributed by atoms with E-state index >= 15 is 0 Å². The number of hydrogen-bond donors (Lipinski definition) is 0. The van der Waals surface area contributed by atoms with Gasteiger partial charge in [0.05, 0.1) is 0 Å². The molecule has 0 aliphatic heterocycles. The molecule has 1 rings (SSSR count). The molecule has 0 heterocycles. The van der Waals surface area contributed by atoms with Crippen LogP contribution in [0.15, 0.2) is 72.9 Å². The molecule has 1 aliphatic carbocycles. The van der Waals surface area contributed by atoms with Crippen LogP contribution >= 0.6 is 0 Å². The van der Waals surface area contributed by atoms with E-state index in [-0.39, 0.29) is 0 Å². The van der Waals surface area contributed by atoms with Gasteiger partial charge in [0.2, 0.25) is 0 Å². The zero-order chi connectivity index (χ0) is 9.84. The van der Waals surface area contributed by atoms with Crippen LogP contribution in [0.4, 0.5) is 0 Å². The van der Waals surface area contributed by atoms with Gasteiger partial charge in [-0.3, -0.25) is 0 Å². The molecule has 0 saturated carbocycles. The molecule has 0 fully saturated rings. The van der Waals surface area contributed by atoms with E-state index < -0.39 is 0 Å². The van der Waals surface area contributed by atoms with E-state index in [1.54, 1.807) is 6.08 Å². The smallest absolute Gasteiger partial charge is 0.00139 e. The lowest BCUT2D eigenvalue weighted by atomic mass is 10.1. The van der Waals surface area contributed by atoms with Gasteiger partial charge in [0.15, 0.2) is 0 Å². The van der Waals surface area contributed by atoms with Crippen molar-refractivity contribution < 1.29 is 0 Å². The van der Waals surface area contributed by atoms with E-state index in [2.05, 4.69) is 26.3 Å². The summed E-state index contributed by atoms with van der Waals surface area (Å²) in [6.07, 6.45) is 8.38. The highest BCUT2D eigenvalue weighted by molar-refractivity contribution is 5.62. The molecule has 0 aromatic rings. The average molecular weight is 170 g/mol. The van der Waals surface area contributed by atoms with Crippen molar-refractivity contribution in [3.63, 3.8) is 0 Å². The van der Waals surface area contributed by atoms with Gasteiger partial charge in [-0.05, 0) is 28.7 Å². The average Bonchev–Trinajstić information content (AvgIpc) is 2.44. The third-order valence-electron chi connectivity index (χ3n) is 2.21. The Hall–Kier alpha value is -1.56. The molecule has 66 valence electrons. The van der Waals surface area contributed by atoms with Gasteiger partial charge in [-0.2, -0.15) is 0 Å². The van der Waals surface area contributed by atoms with E-state index in [0.29, 0.717) is 0 Å². The zero-order valence-corrected chi connectivity index (χ0v) is 7.84. The molecule has 0 bridgehead atoms. The highest BCUT2D eigenvalue weighted by Crippen LogP contribution is 2.35. The van der Waals surface area contributed by atoms with Crippen molar-refractivity contribution >= 4 is 0 Å². The second-order valence-corrected chi connectivity index (χ2v) is 2.93. The van der Waals surface area contributed by atoms with Crippen molar-refractivity contribution in [1.29, 1.82) is 0 Å².